The predicted molar refractivity (Wildman–Crippen MR) is 86.2 cm³/mol. The van der Waals surface area contributed by atoms with Crippen LogP contribution >= 0.6 is 0 Å². The largest absolute Gasteiger partial charge is 0.311 e. The molecule has 1 aromatic heterocycles. The van der Waals surface area contributed by atoms with Crippen LogP contribution < -0.4 is 5.32 Å². The van der Waals surface area contributed by atoms with Crippen LogP contribution in [0.4, 0.5) is 5.82 Å². The number of aromatic nitrogens is 2. The van der Waals surface area contributed by atoms with Crippen molar-refractivity contribution in [2.45, 2.75) is 46.1 Å². The molecule has 0 spiro atoms. The molecule has 0 saturated carbocycles. The van der Waals surface area contributed by atoms with Crippen molar-refractivity contribution in [3.05, 3.63) is 23.2 Å². The molecule has 0 saturated heterocycles. The van der Waals surface area contributed by atoms with E-state index < -0.39 is 9.84 Å². The topological polar surface area (TPSA) is 81.1 Å². The van der Waals surface area contributed by atoms with E-state index in [1.54, 1.807) is 6.08 Å². The molecule has 1 aromatic rings. The van der Waals surface area contributed by atoms with E-state index in [9.17, 15) is 13.2 Å². The molecule has 2 rings (SSSR count). The number of aryl methyl sites for hydroxylation is 1. The van der Waals surface area contributed by atoms with E-state index in [0.29, 0.717) is 5.82 Å². The van der Waals surface area contributed by atoms with Crippen molar-refractivity contribution in [2.24, 2.45) is 5.92 Å². The smallest absolute Gasteiger partial charge is 0.226 e. The molecular weight excluding hydrogens is 302 g/mol. The van der Waals surface area contributed by atoms with E-state index in [1.165, 1.54) is 5.41 Å². The maximum atomic E-state index is 12.2. The van der Waals surface area contributed by atoms with Gasteiger partial charge in [0.15, 0.2) is 9.84 Å². The summed E-state index contributed by atoms with van der Waals surface area (Å²) in [4.78, 5) is 12.2. The highest BCUT2D eigenvalue weighted by Crippen LogP contribution is 2.23. The third-order valence-corrected chi connectivity index (χ3v) is 5.33. The number of nitrogens with one attached hydrogen (secondary N) is 1. The summed E-state index contributed by atoms with van der Waals surface area (Å²) in [5, 5.41) is 8.52. The molecule has 122 valence electrons. The van der Waals surface area contributed by atoms with Gasteiger partial charge in [-0.15, -0.1) is 0 Å². The Morgan fingerprint density at radius 1 is 1.45 bits per heavy atom. The molecule has 0 fully saturated rings. The summed E-state index contributed by atoms with van der Waals surface area (Å²) < 4.78 is 24.6. The maximum absolute atomic E-state index is 12.2. The highest BCUT2D eigenvalue weighted by Gasteiger charge is 2.24. The fraction of sp³-hybridized carbons (Fsp3) is 0.600. The van der Waals surface area contributed by atoms with Gasteiger partial charge in [0.1, 0.15) is 5.82 Å². The SMILES string of the molecule is CCC(CC)n1nc(C)cc1NC(=O)C[C@H]1C=CS(=O)(=O)C1. The first-order valence-electron chi connectivity index (χ1n) is 7.61. The van der Waals surface area contributed by atoms with Crippen LogP contribution in [0.2, 0.25) is 0 Å². The third kappa shape index (κ3) is 3.97. The summed E-state index contributed by atoms with van der Waals surface area (Å²) in [6.45, 7) is 6.07. The summed E-state index contributed by atoms with van der Waals surface area (Å²) in [6.07, 6.45) is 3.63. The van der Waals surface area contributed by atoms with E-state index >= 15 is 0 Å². The van der Waals surface area contributed by atoms with E-state index in [1.807, 2.05) is 17.7 Å². The first-order valence-corrected chi connectivity index (χ1v) is 9.33. The summed E-state index contributed by atoms with van der Waals surface area (Å²) in [5.74, 6) is 0.279. The lowest BCUT2D eigenvalue weighted by molar-refractivity contribution is -0.116. The van der Waals surface area contributed by atoms with Crippen LogP contribution in [0, 0.1) is 12.8 Å². The second-order valence-corrected chi connectivity index (χ2v) is 7.69. The standard InChI is InChI=1S/C15H23N3O3S/c1-4-13(5-2)18-14(8-11(3)17-18)16-15(19)9-12-6-7-22(20,21)10-12/h6-8,12-13H,4-5,9-10H2,1-3H3,(H,16,19)/t12-/m1/s1. The molecule has 0 unspecified atom stereocenters. The number of amides is 1. The predicted octanol–water partition coefficient (Wildman–Crippen LogP) is 2.44. The van der Waals surface area contributed by atoms with Gasteiger partial charge in [-0.1, -0.05) is 19.9 Å². The lowest BCUT2D eigenvalue weighted by Gasteiger charge is -2.17. The van der Waals surface area contributed by atoms with Crippen LogP contribution in [0.15, 0.2) is 17.6 Å². The van der Waals surface area contributed by atoms with Gasteiger partial charge in [0.05, 0.1) is 17.5 Å². The molecule has 0 radical (unpaired) electrons. The first kappa shape index (κ1) is 16.7. The highest BCUT2D eigenvalue weighted by molar-refractivity contribution is 7.94. The fourth-order valence-electron chi connectivity index (χ4n) is 2.72. The number of nitrogens with zero attached hydrogens (tertiary/aromatic N) is 2. The molecule has 2 heterocycles. The molecule has 1 atom stereocenters. The Bertz CT molecular complexity index is 672. The molecule has 1 N–H and O–H groups in total. The number of carbonyl (C=O) groups is 1. The molecule has 1 aliphatic heterocycles. The van der Waals surface area contributed by atoms with E-state index in [0.717, 1.165) is 18.5 Å². The summed E-state index contributed by atoms with van der Waals surface area (Å²) in [7, 11) is -3.12. The van der Waals surface area contributed by atoms with Gasteiger partial charge >= 0.3 is 0 Å². The second kappa shape index (κ2) is 6.64. The van der Waals surface area contributed by atoms with Crippen LogP contribution in [-0.4, -0.2) is 29.9 Å². The number of rotatable bonds is 6. The molecule has 1 amide bonds. The molecular formula is C15H23N3O3S. The van der Waals surface area contributed by atoms with Gasteiger partial charge < -0.3 is 5.32 Å². The van der Waals surface area contributed by atoms with Crippen LogP contribution in [0.1, 0.15) is 44.8 Å². The van der Waals surface area contributed by atoms with Gasteiger partial charge in [0.25, 0.3) is 0 Å². The lowest BCUT2D eigenvalue weighted by Crippen LogP contribution is -2.21. The van der Waals surface area contributed by atoms with Crippen molar-refractivity contribution in [3.8, 4) is 0 Å². The fourth-order valence-corrected chi connectivity index (χ4v) is 4.12. The van der Waals surface area contributed by atoms with E-state index in [4.69, 9.17) is 0 Å². The zero-order chi connectivity index (χ0) is 16.3. The number of hydrogen-bond donors (Lipinski definition) is 1. The zero-order valence-corrected chi connectivity index (χ0v) is 14.1. The lowest BCUT2D eigenvalue weighted by atomic mass is 10.1. The van der Waals surface area contributed by atoms with Gasteiger partial charge in [-0.05, 0) is 19.8 Å². The van der Waals surface area contributed by atoms with Crippen molar-refractivity contribution >= 4 is 21.6 Å². The summed E-state index contributed by atoms with van der Waals surface area (Å²) >= 11 is 0. The molecule has 22 heavy (non-hydrogen) atoms. The summed E-state index contributed by atoms with van der Waals surface area (Å²) in [5.41, 5.74) is 0.852. The minimum atomic E-state index is -3.12. The average molecular weight is 325 g/mol. The normalized spacial score (nSPS) is 19.7. The van der Waals surface area contributed by atoms with Crippen molar-refractivity contribution in [3.63, 3.8) is 0 Å². The number of sulfone groups is 1. The van der Waals surface area contributed by atoms with Crippen molar-refractivity contribution < 1.29 is 13.2 Å². The molecule has 1 aliphatic rings. The highest BCUT2D eigenvalue weighted by atomic mass is 32.2. The Hall–Kier alpha value is -1.63. The quantitative estimate of drug-likeness (QED) is 0.871. The number of allylic oxidation sites excluding steroid dienone is 1. The minimum absolute atomic E-state index is 0.0191. The third-order valence-electron chi connectivity index (χ3n) is 3.87. The van der Waals surface area contributed by atoms with E-state index in [-0.39, 0.29) is 30.0 Å². The monoisotopic (exact) mass is 325 g/mol. The minimum Gasteiger partial charge on any atom is -0.311 e. The Labute approximate surface area is 131 Å². The van der Waals surface area contributed by atoms with Gasteiger partial charge in [0, 0.05) is 23.8 Å². The molecule has 7 heteroatoms. The van der Waals surface area contributed by atoms with Gasteiger partial charge in [-0.3, -0.25) is 4.79 Å². The van der Waals surface area contributed by atoms with Crippen LogP contribution in [0.3, 0.4) is 0 Å². The van der Waals surface area contributed by atoms with Gasteiger partial charge in [-0.2, -0.15) is 5.10 Å². The van der Waals surface area contributed by atoms with Crippen molar-refractivity contribution in [1.29, 1.82) is 0 Å². The number of hydrogen-bond acceptors (Lipinski definition) is 4. The molecule has 0 bridgehead atoms. The van der Waals surface area contributed by atoms with Gasteiger partial charge in [-0.25, -0.2) is 13.1 Å². The molecule has 6 nitrogen and oxygen atoms in total. The van der Waals surface area contributed by atoms with Crippen LogP contribution in [-0.2, 0) is 14.6 Å². The molecule has 0 aliphatic carbocycles. The van der Waals surface area contributed by atoms with E-state index in [2.05, 4.69) is 24.3 Å². The first-order chi connectivity index (χ1) is 10.3. The summed E-state index contributed by atoms with van der Waals surface area (Å²) in [6, 6.07) is 2.09. The van der Waals surface area contributed by atoms with Crippen LogP contribution in [0.25, 0.3) is 0 Å². The Kier molecular flexibility index (Phi) is 5.05. The van der Waals surface area contributed by atoms with Crippen LogP contribution in [0.5, 0.6) is 0 Å². The zero-order valence-electron chi connectivity index (χ0n) is 13.2. The Morgan fingerprint density at radius 2 is 2.14 bits per heavy atom. The number of anilines is 1. The van der Waals surface area contributed by atoms with Gasteiger partial charge in [0.2, 0.25) is 5.91 Å². The molecule has 0 aromatic carbocycles. The Morgan fingerprint density at radius 3 is 2.68 bits per heavy atom. The number of carbonyl (C=O) groups excluding carboxylic acids is 1. The maximum Gasteiger partial charge on any atom is 0.226 e. The second-order valence-electron chi connectivity index (χ2n) is 5.76. The Balaban J connectivity index is 2.04. The average Bonchev–Trinajstić information content (AvgIpc) is 2.94. The van der Waals surface area contributed by atoms with Crippen molar-refractivity contribution in [1.82, 2.24) is 9.78 Å². The van der Waals surface area contributed by atoms with Crippen molar-refractivity contribution in [2.75, 3.05) is 11.1 Å².